The Labute approximate surface area is 233 Å². The Morgan fingerprint density at radius 3 is 2.10 bits per heavy atom. The van der Waals surface area contributed by atoms with Gasteiger partial charge in [-0.3, -0.25) is 24.0 Å². The molecule has 2 aromatic carbocycles. The predicted octanol–water partition coefficient (Wildman–Crippen LogP) is 1.15. The Kier molecular flexibility index (Phi) is 8.68. The highest BCUT2D eigenvalue weighted by atomic mass is 16.3. The summed E-state index contributed by atoms with van der Waals surface area (Å²) in [7, 11) is 0. The van der Waals surface area contributed by atoms with Crippen LogP contribution in [0.15, 0.2) is 48.5 Å². The zero-order valence-corrected chi connectivity index (χ0v) is 23.0. The van der Waals surface area contributed by atoms with Gasteiger partial charge in [0.15, 0.2) is 5.60 Å². The molecule has 10 nitrogen and oxygen atoms in total. The van der Waals surface area contributed by atoms with E-state index in [1.807, 2.05) is 38.1 Å². The number of carbonyl (C=O) groups is 5. The van der Waals surface area contributed by atoms with Crippen LogP contribution in [0.25, 0.3) is 11.1 Å². The van der Waals surface area contributed by atoms with Crippen molar-refractivity contribution < 1.29 is 29.1 Å². The van der Waals surface area contributed by atoms with Crippen LogP contribution >= 0.6 is 0 Å². The number of fused-ring (bicyclic) bond motifs is 3. The Morgan fingerprint density at radius 2 is 1.57 bits per heavy atom. The minimum Gasteiger partial charge on any atom is -0.372 e. The first-order chi connectivity index (χ1) is 19.1. The number of amides is 4. The summed E-state index contributed by atoms with van der Waals surface area (Å²) in [6, 6.07) is 11.8. The van der Waals surface area contributed by atoms with Crippen LogP contribution in [0.1, 0.15) is 51.2 Å². The fraction of sp³-hybridized carbons (Fsp3) is 0.433. The third-order valence-corrected chi connectivity index (χ3v) is 7.46. The fourth-order valence-corrected chi connectivity index (χ4v) is 5.49. The van der Waals surface area contributed by atoms with Crippen LogP contribution in [0.2, 0.25) is 0 Å². The summed E-state index contributed by atoms with van der Waals surface area (Å²) >= 11 is 0. The van der Waals surface area contributed by atoms with E-state index in [1.54, 1.807) is 31.2 Å². The van der Waals surface area contributed by atoms with Crippen molar-refractivity contribution in [2.75, 3.05) is 13.1 Å². The van der Waals surface area contributed by atoms with E-state index in [2.05, 4.69) is 21.3 Å². The Bertz CT molecular complexity index is 1280. The summed E-state index contributed by atoms with van der Waals surface area (Å²) in [4.78, 5) is 64.9. The number of rotatable bonds is 11. The largest absolute Gasteiger partial charge is 0.372 e. The number of Topliss-reactive ketones (excluding diaryl/α,β-unsaturated/α-hetero) is 1. The SMILES string of the molecule is CCNC(=O)C(=O)[C@H](C[C@@H]1CCNC1=O)NC(=O)[C@H](CC(C)C)NC(=O)C1(O)c2ccccc2-c2ccccc21. The minimum absolute atomic E-state index is 0.0352. The van der Waals surface area contributed by atoms with E-state index in [1.165, 1.54) is 0 Å². The standard InChI is InChI=1S/C30H36N4O6/c1-4-31-28(38)25(35)23(16-18-13-14-32-26(18)36)33-27(37)24(15-17(2)3)34-29(39)30(40)21-11-7-5-9-19(21)20-10-6-8-12-22(20)30/h5-12,17-18,23-24,40H,4,13-16H2,1-3H3,(H,31,38)(H,32,36)(H,33,37)(H,34,39)/t18-,23-,24-/m0/s1. The van der Waals surface area contributed by atoms with Gasteiger partial charge in [0, 0.05) is 30.1 Å². The second-order valence-electron chi connectivity index (χ2n) is 10.8. The maximum Gasteiger partial charge on any atom is 0.289 e. The van der Waals surface area contributed by atoms with Crippen molar-refractivity contribution in [1.29, 1.82) is 0 Å². The minimum atomic E-state index is -2.03. The van der Waals surface area contributed by atoms with Gasteiger partial charge < -0.3 is 26.4 Å². The molecule has 0 unspecified atom stereocenters. The van der Waals surface area contributed by atoms with E-state index in [0.717, 1.165) is 11.1 Å². The van der Waals surface area contributed by atoms with Crippen molar-refractivity contribution in [1.82, 2.24) is 21.3 Å². The van der Waals surface area contributed by atoms with Gasteiger partial charge in [0.05, 0.1) is 6.04 Å². The topological polar surface area (TPSA) is 154 Å². The van der Waals surface area contributed by atoms with Crippen molar-refractivity contribution in [2.45, 2.75) is 57.7 Å². The van der Waals surface area contributed by atoms with Crippen LogP contribution in [0, 0.1) is 11.8 Å². The summed E-state index contributed by atoms with van der Waals surface area (Å²) < 4.78 is 0. The van der Waals surface area contributed by atoms with Crippen molar-refractivity contribution in [3.05, 3.63) is 59.7 Å². The number of nitrogens with one attached hydrogen (secondary N) is 4. The number of hydrogen-bond donors (Lipinski definition) is 5. The van der Waals surface area contributed by atoms with Crippen LogP contribution in [-0.4, -0.2) is 59.7 Å². The maximum atomic E-state index is 13.8. The number of aliphatic hydroxyl groups is 1. The van der Waals surface area contributed by atoms with Crippen LogP contribution in [0.4, 0.5) is 0 Å². The molecule has 1 fully saturated rings. The molecule has 0 bridgehead atoms. The lowest BCUT2D eigenvalue weighted by molar-refractivity contribution is -0.142. The molecule has 10 heteroatoms. The second kappa shape index (κ2) is 12.0. The number of benzene rings is 2. The Balaban J connectivity index is 1.60. The summed E-state index contributed by atoms with van der Waals surface area (Å²) in [5.74, 6) is -3.97. The van der Waals surface area contributed by atoms with E-state index < -0.39 is 47.1 Å². The highest BCUT2D eigenvalue weighted by molar-refractivity contribution is 6.38. The molecule has 2 aliphatic rings. The second-order valence-corrected chi connectivity index (χ2v) is 10.8. The quantitative estimate of drug-likeness (QED) is 0.266. The molecular weight excluding hydrogens is 512 g/mol. The van der Waals surface area contributed by atoms with Gasteiger partial charge in [0.2, 0.25) is 17.6 Å². The van der Waals surface area contributed by atoms with Crippen molar-refractivity contribution in [3.8, 4) is 11.1 Å². The first-order valence-corrected chi connectivity index (χ1v) is 13.7. The van der Waals surface area contributed by atoms with E-state index >= 15 is 0 Å². The van der Waals surface area contributed by atoms with Gasteiger partial charge in [-0.1, -0.05) is 62.4 Å². The highest BCUT2D eigenvalue weighted by Gasteiger charge is 2.48. The summed E-state index contributed by atoms with van der Waals surface area (Å²) in [5, 5.41) is 22.4. The molecule has 0 radical (unpaired) electrons. The van der Waals surface area contributed by atoms with Gasteiger partial charge >= 0.3 is 0 Å². The van der Waals surface area contributed by atoms with Crippen molar-refractivity contribution in [3.63, 3.8) is 0 Å². The molecule has 1 heterocycles. The highest BCUT2D eigenvalue weighted by Crippen LogP contribution is 2.47. The molecule has 0 aromatic heterocycles. The van der Waals surface area contributed by atoms with Crippen LogP contribution in [0.3, 0.4) is 0 Å². The van der Waals surface area contributed by atoms with Crippen LogP contribution in [0.5, 0.6) is 0 Å². The third kappa shape index (κ3) is 5.62. The Hall–Kier alpha value is -4.05. The molecule has 4 amide bonds. The zero-order chi connectivity index (χ0) is 29.0. The first-order valence-electron chi connectivity index (χ1n) is 13.7. The van der Waals surface area contributed by atoms with Crippen molar-refractivity contribution in [2.24, 2.45) is 11.8 Å². The predicted molar refractivity (Wildman–Crippen MR) is 148 cm³/mol. The molecule has 40 heavy (non-hydrogen) atoms. The number of likely N-dealkylation sites (N-methyl/N-ethyl adjacent to an activating group) is 1. The van der Waals surface area contributed by atoms with E-state index in [9.17, 15) is 29.1 Å². The average molecular weight is 549 g/mol. The molecule has 2 aromatic rings. The average Bonchev–Trinajstić information content (AvgIpc) is 3.46. The van der Waals surface area contributed by atoms with Gasteiger partial charge in [-0.15, -0.1) is 0 Å². The maximum absolute atomic E-state index is 13.8. The summed E-state index contributed by atoms with van der Waals surface area (Å²) in [6.07, 6.45) is 0.648. The zero-order valence-electron chi connectivity index (χ0n) is 23.0. The van der Waals surface area contributed by atoms with Gasteiger partial charge in [-0.2, -0.15) is 0 Å². The van der Waals surface area contributed by atoms with Crippen LogP contribution in [-0.2, 0) is 29.6 Å². The lowest BCUT2D eigenvalue weighted by Crippen LogP contribution is -2.57. The molecule has 1 saturated heterocycles. The number of ketones is 1. The monoisotopic (exact) mass is 548 g/mol. The lowest BCUT2D eigenvalue weighted by atomic mass is 9.89. The van der Waals surface area contributed by atoms with E-state index in [0.29, 0.717) is 24.1 Å². The molecule has 1 aliphatic carbocycles. The normalized spacial score (nSPS) is 18.2. The van der Waals surface area contributed by atoms with E-state index in [-0.39, 0.29) is 31.2 Å². The molecule has 1 aliphatic heterocycles. The molecule has 3 atom stereocenters. The van der Waals surface area contributed by atoms with Crippen LogP contribution < -0.4 is 21.3 Å². The summed E-state index contributed by atoms with van der Waals surface area (Å²) in [5.41, 5.74) is 0.245. The molecule has 4 rings (SSSR count). The fourth-order valence-electron chi connectivity index (χ4n) is 5.49. The molecule has 0 spiro atoms. The van der Waals surface area contributed by atoms with E-state index in [4.69, 9.17) is 0 Å². The number of hydrogen-bond acceptors (Lipinski definition) is 6. The lowest BCUT2D eigenvalue weighted by Gasteiger charge is -2.29. The van der Waals surface area contributed by atoms with Gasteiger partial charge in [-0.25, -0.2) is 0 Å². The van der Waals surface area contributed by atoms with Gasteiger partial charge in [0.1, 0.15) is 6.04 Å². The van der Waals surface area contributed by atoms with Gasteiger partial charge in [-0.05, 0) is 43.2 Å². The molecule has 0 saturated carbocycles. The molecule has 212 valence electrons. The molecular formula is C30H36N4O6. The van der Waals surface area contributed by atoms with Gasteiger partial charge in [0.25, 0.3) is 11.8 Å². The first kappa shape index (κ1) is 28.9. The Morgan fingerprint density at radius 1 is 0.975 bits per heavy atom. The molecule has 5 N–H and O–H groups in total. The summed E-state index contributed by atoms with van der Waals surface area (Å²) in [6.45, 7) is 6.10. The van der Waals surface area contributed by atoms with Crippen molar-refractivity contribution >= 4 is 29.4 Å². The smallest absolute Gasteiger partial charge is 0.289 e. The third-order valence-electron chi connectivity index (χ3n) is 7.46. The number of carbonyl (C=O) groups excluding carboxylic acids is 5.